The molecular formula is C11H15N3O3S. The van der Waals surface area contributed by atoms with Gasteiger partial charge in [-0.3, -0.25) is 0 Å². The SMILES string of the molecule is CS(=O)(=O)NCCCNc1nc2ccccc2o1. The fourth-order valence-corrected chi connectivity index (χ4v) is 2.00. The number of para-hydroxylation sites is 2. The van der Waals surface area contributed by atoms with Crippen molar-refractivity contribution in [3.8, 4) is 0 Å². The Labute approximate surface area is 105 Å². The lowest BCUT2D eigenvalue weighted by Gasteiger charge is -2.02. The van der Waals surface area contributed by atoms with Crippen LogP contribution in [0.5, 0.6) is 0 Å². The molecule has 0 saturated carbocycles. The van der Waals surface area contributed by atoms with Crippen LogP contribution < -0.4 is 10.0 Å². The first-order chi connectivity index (χ1) is 8.54. The maximum absolute atomic E-state index is 10.8. The van der Waals surface area contributed by atoms with Crippen LogP contribution in [0.25, 0.3) is 11.1 Å². The van der Waals surface area contributed by atoms with Crippen molar-refractivity contribution in [1.29, 1.82) is 0 Å². The van der Waals surface area contributed by atoms with Crippen LogP contribution in [0.1, 0.15) is 6.42 Å². The highest BCUT2D eigenvalue weighted by Crippen LogP contribution is 2.17. The Hall–Kier alpha value is -1.60. The molecule has 0 atom stereocenters. The molecule has 0 saturated heterocycles. The van der Waals surface area contributed by atoms with E-state index >= 15 is 0 Å². The normalized spacial score (nSPS) is 11.8. The zero-order valence-electron chi connectivity index (χ0n) is 10.0. The van der Waals surface area contributed by atoms with Crippen molar-refractivity contribution in [2.24, 2.45) is 0 Å². The number of hydrogen-bond donors (Lipinski definition) is 2. The minimum atomic E-state index is -3.11. The number of fused-ring (bicyclic) bond motifs is 1. The molecule has 0 unspecified atom stereocenters. The number of hydrogen-bond acceptors (Lipinski definition) is 5. The van der Waals surface area contributed by atoms with Crippen molar-refractivity contribution in [3.63, 3.8) is 0 Å². The van der Waals surface area contributed by atoms with Crippen LogP contribution in [0.15, 0.2) is 28.7 Å². The van der Waals surface area contributed by atoms with Crippen LogP contribution in [-0.2, 0) is 10.0 Å². The van der Waals surface area contributed by atoms with Gasteiger partial charge in [0.05, 0.1) is 6.26 Å². The zero-order valence-corrected chi connectivity index (χ0v) is 10.8. The molecule has 2 aromatic rings. The predicted octanol–water partition coefficient (Wildman–Crippen LogP) is 1.18. The lowest BCUT2D eigenvalue weighted by Crippen LogP contribution is -2.24. The Morgan fingerprint density at radius 2 is 2.06 bits per heavy atom. The molecule has 0 bridgehead atoms. The molecule has 7 heteroatoms. The zero-order chi connectivity index (χ0) is 13.0. The van der Waals surface area contributed by atoms with Gasteiger partial charge in [-0.2, -0.15) is 4.98 Å². The number of sulfonamides is 1. The summed E-state index contributed by atoms with van der Waals surface area (Å²) >= 11 is 0. The topological polar surface area (TPSA) is 84.2 Å². The van der Waals surface area contributed by atoms with E-state index in [2.05, 4.69) is 15.0 Å². The summed E-state index contributed by atoms with van der Waals surface area (Å²) in [5, 5.41) is 3.01. The van der Waals surface area contributed by atoms with Crippen LogP contribution >= 0.6 is 0 Å². The minimum Gasteiger partial charge on any atom is -0.424 e. The third kappa shape index (κ3) is 3.71. The largest absolute Gasteiger partial charge is 0.424 e. The van der Waals surface area contributed by atoms with E-state index in [9.17, 15) is 8.42 Å². The Bertz CT molecular complexity index is 588. The van der Waals surface area contributed by atoms with Gasteiger partial charge in [-0.05, 0) is 18.6 Å². The quantitative estimate of drug-likeness (QED) is 0.769. The molecule has 98 valence electrons. The molecule has 0 amide bonds. The lowest BCUT2D eigenvalue weighted by molar-refractivity contribution is 0.585. The van der Waals surface area contributed by atoms with Crippen molar-refractivity contribution < 1.29 is 12.8 Å². The first-order valence-electron chi connectivity index (χ1n) is 5.59. The van der Waals surface area contributed by atoms with E-state index in [0.29, 0.717) is 25.5 Å². The van der Waals surface area contributed by atoms with Gasteiger partial charge in [-0.15, -0.1) is 0 Å². The Balaban J connectivity index is 1.80. The van der Waals surface area contributed by atoms with E-state index in [4.69, 9.17) is 4.42 Å². The minimum absolute atomic E-state index is 0.395. The number of nitrogens with zero attached hydrogens (tertiary/aromatic N) is 1. The van der Waals surface area contributed by atoms with Crippen molar-refractivity contribution in [1.82, 2.24) is 9.71 Å². The van der Waals surface area contributed by atoms with Crippen molar-refractivity contribution in [2.45, 2.75) is 6.42 Å². The molecule has 2 rings (SSSR count). The molecule has 0 radical (unpaired) electrons. The van der Waals surface area contributed by atoms with Crippen LogP contribution in [0.4, 0.5) is 6.01 Å². The van der Waals surface area contributed by atoms with E-state index in [-0.39, 0.29) is 0 Å². The van der Waals surface area contributed by atoms with Gasteiger partial charge in [0.15, 0.2) is 5.58 Å². The van der Waals surface area contributed by atoms with Gasteiger partial charge < -0.3 is 9.73 Å². The van der Waals surface area contributed by atoms with Gasteiger partial charge in [0, 0.05) is 13.1 Å². The summed E-state index contributed by atoms with van der Waals surface area (Å²) in [6.45, 7) is 0.988. The number of benzene rings is 1. The van der Waals surface area contributed by atoms with Crippen LogP contribution in [-0.4, -0.2) is 32.7 Å². The Morgan fingerprint density at radius 1 is 1.28 bits per heavy atom. The maximum atomic E-state index is 10.8. The first kappa shape index (κ1) is 12.8. The molecule has 6 nitrogen and oxygen atoms in total. The number of nitrogens with one attached hydrogen (secondary N) is 2. The van der Waals surface area contributed by atoms with Gasteiger partial charge in [0.1, 0.15) is 5.52 Å². The van der Waals surface area contributed by atoms with Gasteiger partial charge >= 0.3 is 0 Å². The summed E-state index contributed by atoms with van der Waals surface area (Å²) in [5.41, 5.74) is 1.53. The second-order valence-corrected chi connectivity index (χ2v) is 5.77. The predicted molar refractivity (Wildman–Crippen MR) is 70.0 cm³/mol. The van der Waals surface area contributed by atoms with Crippen LogP contribution in [0, 0.1) is 0 Å². The summed E-state index contributed by atoms with van der Waals surface area (Å²) in [4.78, 5) is 4.24. The summed E-state index contributed by atoms with van der Waals surface area (Å²) in [6, 6.07) is 7.95. The van der Waals surface area contributed by atoms with E-state index in [1.54, 1.807) is 0 Å². The van der Waals surface area contributed by atoms with Crippen LogP contribution in [0.2, 0.25) is 0 Å². The van der Waals surface area contributed by atoms with Gasteiger partial charge in [0.25, 0.3) is 6.01 Å². The smallest absolute Gasteiger partial charge is 0.295 e. The second kappa shape index (κ2) is 5.36. The highest BCUT2D eigenvalue weighted by molar-refractivity contribution is 7.88. The fourth-order valence-electron chi connectivity index (χ4n) is 1.49. The van der Waals surface area contributed by atoms with Crippen LogP contribution in [0.3, 0.4) is 0 Å². The monoisotopic (exact) mass is 269 g/mol. The maximum Gasteiger partial charge on any atom is 0.295 e. The van der Waals surface area contributed by atoms with E-state index in [0.717, 1.165) is 17.4 Å². The number of oxazole rings is 1. The molecule has 1 heterocycles. The molecule has 1 aromatic heterocycles. The van der Waals surface area contributed by atoms with Gasteiger partial charge in [-0.1, -0.05) is 12.1 Å². The highest BCUT2D eigenvalue weighted by atomic mass is 32.2. The molecular weight excluding hydrogens is 254 g/mol. The first-order valence-corrected chi connectivity index (χ1v) is 7.48. The van der Waals surface area contributed by atoms with Gasteiger partial charge in [0.2, 0.25) is 10.0 Å². The number of rotatable bonds is 6. The molecule has 0 aliphatic heterocycles. The molecule has 18 heavy (non-hydrogen) atoms. The molecule has 0 aliphatic rings. The summed E-state index contributed by atoms with van der Waals surface area (Å²) in [6.07, 6.45) is 1.80. The summed E-state index contributed by atoms with van der Waals surface area (Å²) in [7, 11) is -3.11. The third-order valence-electron chi connectivity index (χ3n) is 2.29. The second-order valence-electron chi connectivity index (χ2n) is 3.93. The van der Waals surface area contributed by atoms with E-state index in [1.807, 2.05) is 24.3 Å². The molecule has 1 aromatic carbocycles. The molecule has 0 aliphatic carbocycles. The molecule has 0 spiro atoms. The fraction of sp³-hybridized carbons (Fsp3) is 0.364. The van der Waals surface area contributed by atoms with Gasteiger partial charge in [-0.25, -0.2) is 13.1 Å². The Kier molecular flexibility index (Phi) is 3.83. The Morgan fingerprint density at radius 3 is 2.78 bits per heavy atom. The molecule has 2 N–H and O–H groups in total. The molecule has 0 fully saturated rings. The number of anilines is 1. The van der Waals surface area contributed by atoms with Crippen molar-refractivity contribution in [2.75, 3.05) is 24.7 Å². The summed E-state index contributed by atoms with van der Waals surface area (Å²) in [5.74, 6) is 0. The van der Waals surface area contributed by atoms with Crippen molar-refractivity contribution >= 4 is 27.1 Å². The third-order valence-corrected chi connectivity index (χ3v) is 3.02. The standard InChI is InChI=1S/C11H15N3O3S/c1-18(15,16)13-8-4-7-12-11-14-9-5-2-3-6-10(9)17-11/h2-3,5-6,13H,4,7-8H2,1H3,(H,12,14). The van der Waals surface area contributed by atoms with E-state index in [1.165, 1.54) is 0 Å². The average Bonchev–Trinajstić information content (AvgIpc) is 2.69. The van der Waals surface area contributed by atoms with E-state index < -0.39 is 10.0 Å². The summed E-state index contributed by atoms with van der Waals surface area (Å²) < 4.78 is 29.5. The highest BCUT2D eigenvalue weighted by Gasteiger charge is 2.04. The van der Waals surface area contributed by atoms with Crippen molar-refractivity contribution in [3.05, 3.63) is 24.3 Å². The lowest BCUT2D eigenvalue weighted by atomic mass is 10.3. The number of aromatic nitrogens is 1. The average molecular weight is 269 g/mol.